The van der Waals surface area contributed by atoms with Crippen molar-refractivity contribution in [1.82, 2.24) is 4.57 Å². The lowest BCUT2D eigenvalue weighted by molar-refractivity contribution is 0.262. The zero-order valence-corrected chi connectivity index (χ0v) is 14.6. The first-order valence-electron chi connectivity index (χ1n) is 7.78. The van der Waals surface area contributed by atoms with Gasteiger partial charge in [0.15, 0.2) is 0 Å². The van der Waals surface area contributed by atoms with Crippen LogP contribution in [0, 0.1) is 13.8 Å². The molecule has 1 aromatic carbocycles. The van der Waals surface area contributed by atoms with Gasteiger partial charge in [-0.25, -0.2) is 4.79 Å². The van der Waals surface area contributed by atoms with Gasteiger partial charge in [-0.1, -0.05) is 13.8 Å². The van der Waals surface area contributed by atoms with Crippen molar-refractivity contribution in [2.24, 2.45) is 7.05 Å². The van der Waals surface area contributed by atoms with Crippen LogP contribution in [0.1, 0.15) is 36.5 Å². The summed E-state index contributed by atoms with van der Waals surface area (Å²) in [5, 5.41) is 15.3. The van der Waals surface area contributed by atoms with Crippen molar-refractivity contribution < 1.29 is 9.90 Å². The summed E-state index contributed by atoms with van der Waals surface area (Å²) in [6, 6.07) is 4.65. The minimum atomic E-state index is -0.495. The van der Waals surface area contributed by atoms with Gasteiger partial charge in [-0.3, -0.25) is 4.79 Å². The Morgan fingerprint density at radius 3 is 2.46 bits per heavy atom. The van der Waals surface area contributed by atoms with Crippen LogP contribution in [0.3, 0.4) is 0 Å². The summed E-state index contributed by atoms with van der Waals surface area (Å²) in [7, 11) is 1.63. The number of urea groups is 1. The minimum absolute atomic E-state index is 0.123. The molecule has 0 aliphatic heterocycles. The fourth-order valence-corrected chi connectivity index (χ4v) is 2.45. The fourth-order valence-electron chi connectivity index (χ4n) is 2.45. The molecule has 128 valence electrons. The van der Waals surface area contributed by atoms with Gasteiger partial charge >= 0.3 is 6.03 Å². The number of hydrogen-bond donors (Lipinski definition) is 3. The summed E-state index contributed by atoms with van der Waals surface area (Å²) >= 11 is 0. The Morgan fingerprint density at radius 1 is 1.17 bits per heavy atom. The zero-order valence-electron chi connectivity index (χ0n) is 14.6. The van der Waals surface area contributed by atoms with Gasteiger partial charge in [0.1, 0.15) is 11.4 Å². The van der Waals surface area contributed by atoms with E-state index in [1.54, 1.807) is 45.3 Å². The van der Waals surface area contributed by atoms with Crippen molar-refractivity contribution >= 4 is 17.4 Å². The smallest absolute Gasteiger partial charge is 0.323 e. The van der Waals surface area contributed by atoms with E-state index in [0.29, 0.717) is 11.3 Å². The summed E-state index contributed by atoms with van der Waals surface area (Å²) in [6.45, 7) is 7.49. The van der Waals surface area contributed by atoms with Crippen LogP contribution in [-0.4, -0.2) is 15.7 Å². The third kappa shape index (κ3) is 3.59. The molecular weight excluding hydrogens is 306 g/mol. The van der Waals surface area contributed by atoms with Crippen LogP contribution in [0.25, 0.3) is 0 Å². The van der Waals surface area contributed by atoms with Crippen molar-refractivity contribution in [1.29, 1.82) is 0 Å². The van der Waals surface area contributed by atoms with Crippen molar-refractivity contribution in [2.45, 2.75) is 33.6 Å². The molecule has 1 heterocycles. The molecule has 0 aliphatic rings. The normalized spacial score (nSPS) is 10.8. The molecular formula is C18H23N3O3. The van der Waals surface area contributed by atoms with Crippen molar-refractivity contribution in [2.75, 3.05) is 10.6 Å². The molecule has 0 fully saturated rings. The SMILES string of the molecule is Cc1cc(O)c(C(C)C)cc1NC(=O)Nc1c(C)ccn(C)c1=O. The van der Waals surface area contributed by atoms with E-state index in [1.807, 2.05) is 13.8 Å². The number of nitrogens with one attached hydrogen (secondary N) is 2. The largest absolute Gasteiger partial charge is 0.508 e. The fraction of sp³-hybridized carbons (Fsp3) is 0.333. The topological polar surface area (TPSA) is 83.4 Å². The Labute approximate surface area is 141 Å². The van der Waals surface area contributed by atoms with Gasteiger partial charge in [-0.05, 0) is 54.7 Å². The number of carbonyl (C=O) groups excluding carboxylic acids is 1. The maximum Gasteiger partial charge on any atom is 0.323 e. The van der Waals surface area contributed by atoms with Gasteiger partial charge < -0.3 is 20.3 Å². The Morgan fingerprint density at radius 2 is 1.83 bits per heavy atom. The lowest BCUT2D eigenvalue weighted by atomic mass is 9.99. The van der Waals surface area contributed by atoms with Crippen molar-refractivity contribution in [3.63, 3.8) is 0 Å². The number of pyridine rings is 1. The van der Waals surface area contributed by atoms with Crippen LogP contribution in [-0.2, 0) is 7.05 Å². The molecule has 24 heavy (non-hydrogen) atoms. The summed E-state index contributed by atoms with van der Waals surface area (Å²) < 4.78 is 1.41. The van der Waals surface area contributed by atoms with Gasteiger partial charge in [-0.2, -0.15) is 0 Å². The van der Waals surface area contributed by atoms with Crippen LogP contribution in [0.2, 0.25) is 0 Å². The molecule has 0 aliphatic carbocycles. The van der Waals surface area contributed by atoms with Crippen LogP contribution < -0.4 is 16.2 Å². The zero-order chi connectivity index (χ0) is 18.0. The number of phenolic OH excluding ortho intramolecular Hbond substituents is 1. The number of carbonyl (C=O) groups is 1. The quantitative estimate of drug-likeness (QED) is 0.754. The number of anilines is 2. The molecule has 0 atom stereocenters. The minimum Gasteiger partial charge on any atom is -0.508 e. The van der Waals surface area contributed by atoms with E-state index in [-0.39, 0.29) is 22.9 Å². The second-order valence-electron chi connectivity index (χ2n) is 6.25. The van der Waals surface area contributed by atoms with E-state index in [9.17, 15) is 14.7 Å². The number of aromatic nitrogens is 1. The van der Waals surface area contributed by atoms with E-state index < -0.39 is 6.03 Å². The average molecular weight is 329 g/mol. The lowest BCUT2D eigenvalue weighted by Crippen LogP contribution is -2.28. The molecule has 2 amide bonds. The van der Waals surface area contributed by atoms with Gasteiger partial charge in [0.05, 0.1) is 0 Å². The Hall–Kier alpha value is -2.76. The first kappa shape index (κ1) is 17.6. The molecule has 0 bridgehead atoms. The highest BCUT2D eigenvalue weighted by Crippen LogP contribution is 2.31. The molecule has 6 heteroatoms. The monoisotopic (exact) mass is 329 g/mol. The van der Waals surface area contributed by atoms with E-state index in [1.165, 1.54) is 4.57 Å². The number of amides is 2. The first-order chi connectivity index (χ1) is 11.2. The van der Waals surface area contributed by atoms with Crippen molar-refractivity contribution in [3.8, 4) is 5.75 Å². The molecule has 0 saturated heterocycles. The number of nitrogens with zero attached hydrogens (tertiary/aromatic N) is 1. The highest BCUT2D eigenvalue weighted by Gasteiger charge is 2.14. The predicted molar refractivity (Wildman–Crippen MR) is 96.0 cm³/mol. The van der Waals surface area contributed by atoms with Gasteiger partial charge in [-0.15, -0.1) is 0 Å². The van der Waals surface area contributed by atoms with E-state index in [0.717, 1.165) is 11.1 Å². The highest BCUT2D eigenvalue weighted by atomic mass is 16.3. The van der Waals surface area contributed by atoms with Crippen LogP contribution in [0.5, 0.6) is 5.75 Å². The molecule has 0 saturated carbocycles. The predicted octanol–water partition coefficient (Wildman–Crippen LogP) is 3.48. The summed E-state index contributed by atoms with van der Waals surface area (Å²) in [5.41, 5.74) is 2.76. The van der Waals surface area contributed by atoms with E-state index >= 15 is 0 Å². The number of phenols is 1. The summed E-state index contributed by atoms with van der Waals surface area (Å²) in [6.07, 6.45) is 1.65. The number of benzene rings is 1. The second-order valence-corrected chi connectivity index (χ2v) is 6.25. The lowest BCUT2D eigenvalue weighted by Gasteiger charge is -2.15. The second kappa shape index (κ2) is 6.78. The molecule has 3 N–H and O–H groups in total. The summed E-state index contributed by atoms with van der Waals surface area (Å²) in [4.78, 5) is 24.4. The number of aryl methyl sites for hydroxylation is 3. The van der Waals surface area contributed by atoms with Gasteiger partial charge in [0.25, 0.3) is 5.56 Å². The summed E-state index contributed by atoms with van der Waals surface area (Å²) in [5.74, 6) is 0.333. The Kier molecular flexibility index (Phi) is 4.97. The Bertz CT molecular complexity index is 838. The third-order valence-electron chi connectivity index (χ3n) is 3.96. The van der Waals surface area contributed by atoms with Gasteiger partial charge in [0.2, 0.25) is 0 Å². The van der Waals surface area contributed by atoms with Crippen molar-refractivity contribution in [3.05, 3.63) is 51.4 Å². The molecule has 1 aromatic heterocycles. The Balaban J connectivity index is 2.27. The molecule has 6 nitrogen and oxygen atoms in total. The first-order valence-corrected chi connectivity index (χ1v) is 7.78. The standard InChI is InChI=1S/C18H23N3O3/c1-10(2)13-9-14(12(4)8-15(13)22)19-18(24)20-16-11(3)6-7-21(5)17(16)23/h6-10,22H,1-5H3,(H2,19,20,24). The third-order valence-corrected chi connectivity index (χ3v) is 3.96. The molecule has 0 radical (unpaired) electrons. The number of hydrogen-bond acceptors (Lipinski definition) is 3. The average Bonchev–Trinajstić information content (AvgIpc) is 2.50. The van der Waals surface area contributed by atoms with Gasteiger partial charge in [0, 0.05) is 18.9 Å². The molecule has 2 rings (SSSR count). The van der Waals surface area contributed by atoms with Crippen LogP contribution in [0.15, 0.2) is 29.2 Å². The maximum absolute atomic E-state index is 12.3. The molecule has 2 aromatic rings. The maximum atomic E-state index is 12.3. The molecule has 0 unspecified atom stereocenters. The molecule has 0 spiro atoms. The van der Waals surface area contributed by atoms with Crippen LogP contribution in [0.4, 0.5) is 16.2 Å². The van der Waals surface area contributed by atoms with E-state index in [4.69, 9.17) is 0 Å². The van der Waals surface area contributed by atoms with Crippen LogP contribution >= 0.6 is 0 Å². The van der Waals surface area contributed by atoms with E-state index in [2.05, 4.69) is 10.6 Å². The number of aromatic hydroxyl groups is 1. The number of rotatable bonds is 3. The highest BCUT2D eigenvalue weighted by molar-refractivity contribution is 6.00.